The molecule has 0 heterocycles. The van der Waals surface area contributed by atoms with Gasteiger partial charge in [0.1, 0.15) is 11.5 Å². The van der Waals surface area contributed by atoms with Gasteiger partial charge in [0, 0.05) is 6.08 Å². The number of hydrogen-bond donors (Lipinski definition) is 1. The average Bonchev–Trinajstić information content (AvgIpc) is 2.70. The van der Waals surface area contributed by atoms with E-state index in [1.807, 2.05) is 0 Å². The number of halogens is 3. The lowest BCUT2D eigenvalue weighted by atomic mass is 10.2. The van der Waals surface area contributed by atoms with Crippen LogP contribution in [-0.4, -0.2) is 24.4 Å². The van der Waals surface area contributed by atoms with Crippen LogP contribution in [0.3, 0.4) is 0 Å². The van der Waals surface area contributed by atoms with Crippen LogP contribution in [0, 0.1) is 0 Å². The van der Waals surface area contributed by atoms with Crippen LogP contribution in [0.2, 0.25) is 0 Å². The Morgan fingerprint density at radius 2 is 1.55 bits per heavy atom. The largest absolute Gasteiger partial charge is 0.494 e. The van der Waals surface area contributed by atoms with E-state index in [1.165, 1.54) is 54.6 Å². The second-order valence-electron chi connectivity index (χ2n) is 6.34. The lowest BCUT2D eigenvalue weighted by Gasteiger charge is -2.18. The molecule has 0 saturated carbocycles. The maximum Gasteiger partial charge on any atom is 0.426 e. The Labute approximate surface area is 167 Å². The van der Waals surface area contributed by atoms with Crippen molar-refractivity contribution in [1.82, 2.24) is 0 Å². The molecule has 156 valence electrons. The summed E-state index contributed by atoms with van der Waals surface area (Å²) in [5.74, 6) is -0.665. The number of carboxylic acids is 1. The molecule has 0 spiro atoms. The van der Waals surface area contributed by atoms with Gasteiger partial charge in [-0.3, -0.25) is 4.39 Å². The quantitative estimate of drug-likeness (QED) is 0.355. The molecular weight excluding hydrogens is 385 g/mol. The number of rotatable bonds is 12. The van der Waals surface area contributed by atoms with Gasteiger partial charge in [0.2, 0.25) is 0 Å². The van der Waals surface area contributed by atoms with Crippen LogP contribution in [0.25, 0.3) is 6.08 Å². The summed E-state index contributed by atoms with van der Waals surface area (Å²) in [6, 6.07) is 11.0. The predicted molar refractivity (Wildman–Crippen MR) is 104 cm³/mol. The summed E-state index contributed by atoms with van der Waals surface area (Å²) in [5, 5.41) is 8.59. The topological polar surface area (TPSA) is 55.8 Å². The summed E-state index contributed by atoms with van der Waals surface area (Å²) in [4.78, 5) is 10.5. The third-order valence-electron chi connectivity index (χ3n) is 4.03. The van der Waals surface area contributed by atoms with Crippen LogP contribution in [0.4, 0.5) is 13.2 Å². The number of ether oxygens (including phenoxy) is 2. The van der Waals surface area contributed by atoms with Crippen molar-refractivity contribution in [3.63, 3.8) is 0 Å². The molecule has 2 aromatic rings. The van der Waals surface area contributed by atoms with Gasteiger partial charge in [0.05, 0.1) is 18.8 Å². The predicted octanol–water partition coefficient (Wildman–Crippen LogP) is 5.82. The Hall–Kier alpha value is -2.96. The molecule has 0 unspecified atom stereocenters. The highest BCUT2D eigenvalue weighted by molar-refractivity contribution is 5.85. The van der Waals surface area contributed by atoms with Crippen molar-refractivity contribution in [2.45, 2.75) is 31.8 Å². The number of unbranched alkanes of at least 4 members (excludes halogenated alkanes) is 3. The van der Waals surface area contributed by atoms with Crippen LogP contribution in [0.1, 0.15) is 36.8 Å². The molecule has 0 aliphatic rings. The van der Waals surface area contributed by atoms with E-state index in [2.05, 4.69) is 0 Å². The minimum Gasteiger partial charge on any atom is -0.494 e. The van der Waals surface area contributed by atoms with Gasteiger partial charge < -0.3 is 14.6 Å². The SMILES string of the molecule is O=C(O)/C=C/c1ccc(OC(F)(F)c2ccc(OCCCCCCF)cc2)cc1. The molecule has 0 aliphatic heterocycles. The van der Waals surface area contributed by atoms with Gasteiger partial charge in [0.15, 0.2) is 0 Å². The Bertz CT molecular complexity index is 787. The van der Waals surface area contributed by atoms with Crippen LogP contribution < -0.4 is 9.47 Å². The van der Waals surface area contributed by atoms with Crippen LogP contribution in [-0.2, 0) is 10.9 Å². The van der Waals surface area contributed by atoms with E-state index in [1.54, 1.807) is 0 Å². The number of aliphatic carboxylic acids is 1. The molecule has 0 fully saturated rings. The second kappa shape index (κ2) is 11.1. The number of alkyl halides is 3. The zero-order chi connectivity index (χ0) is 21.1. The molecule has 1 N–H and O–H groups in total. The third kappa shape index (κ3) is 7.89. The highest BCUT2D eigenvalue weighted by Gasteiger charge is 2.34. The van der Waals surface area contributed by atoms with E-state index in [-0.39, 0.29) is 18.0 Å². The fraction of sp³-hybridized carbons (Fsp3) is 0.318. The van der Waals surface area contributed by atoms with E-state index < -0.39 is 12.1 Å². The third-order valence-corrected chi connectivity index (χ3v) is 4.03. The first-order valence-corrected chi connectivity index (χ1v) is 9.28. The Morgan fingerprint density at radius 3 is 2.17 bits per heavy atom. The lowest BCUT2D eigenvalue weighted by Crippen LogP contribution is -2.21. The van der Waals surface area contributed by atoms with Gasteiger partial charge in [-0.1, -0.05) is 18.6 Å². The summed E-state index contributed by atoms with van der Waals surface area (Å²) in [6.45, 7) is 0.131. The minimum atomic E-state index is -3.54. The van der Waals surface area contributed by atoms with E-state index >= 15 is 0 Å². The van der Waals surface area contributed by atoms with Gasteiger partial charge in [-0.05, 0) is 67.3 Å². The molecule has 0 bridgehead atoms. The minimum absolute atomic E-state index is 0.0453. The molecule has 4 nitrogen and oxygen atoms in total. The van der Waals surface area contributed by atoms with Crippen LogP contribution in [0.15, 0.2) is 54.6 Å². The van der Waals surface area contributed by atoms with Gasteiger partial charge >= 0.3 is 12.1 Å². The van der Waals surface area contributed by atoms with Crippen molar-refractivity contribution in [1.29, 1.82) is 0 Å². The smallest absolute Gasteiger partial charge is 0.426 e. The van der Waals surface area contributed by atoms with Crippen molar-refractivity contribution in [2.24, 2.45) is 0 Å². The highest BCUT2D eigenvalue weighted by Crippen LogP contribution is 2.32. The van der Waals surface area contributed by atoms with Gasteiger partial charge in [-0.15, -0.1) is 0 Å². The average molecular weight is 408 g/mol. The molecule has 0 aliphatic carbocycles. The maximum absolute atomic E-state index is 14.4. The summed E-state index contributed by atoms with van der Waals surface area (Å²) in [6.07, 6.45) is 1.76. The first kappa shape index (κ1) is 22.3. The maximum atomic E-state index is 14.4. The van der Waals surface area contributed by atoms with E-state index in [9.17, 15) is 18.0 Å². The van der Waals surface area contributed by atoms with Gasteiger partial charge in [0.25, 0.3) is 0 Å². The fourth-order valence-electron chi connectivity index (χ4n) is 2.51. The fourth-order valence-corrected chi connectivity index (χ4v) is 2.51. The Balaban J connectivity index is 1.89. The van der Waals surface area contributed by atoms with Crippen LogP contribution in [0.5, 0.6) is 11.5 Å². The molecule has 7 heteroatoms. The molecule has 0 aromatic heterocycles. The Kier molecular flexibility index (Phi) is 8.58. The summed E-state index contributed by atoms with van der Waals surface area (Å²) in [7, 11) is 0. The highest BCUT2D eigenvalue weighted by atomic mass is 19.3. The number of benzene rings is 2. The molecule has 2 rings (SSSR count). The zero-order valence-corrected chi connectivity index (χ0v) is 15.8. The van der Waals surface area contributed by atoms with E-state index in [0.717, 1.165) is 25.3 Å². The summed E-state index contributed by atoms with van der Waals surface area (Å²) in [5.41, 5.74) is 0.233. The monoisotopic (exact) mass is 408 g/mol. The summed E-state index contributed by atoms with van der Waals surface area (Å²) < 4.78 is 51.0. The first-order chi connectivity index (χ1) is 13.9. The molecule has 0 amide bonds. The Morgan fingerprint density at radius 1 is 0.931 bits per heavy atom. The normalized spacial score (nSPS) is 11.6. The summed E-state index contributed by atoms with van der Waals surface area (Å²) >= 11 is 0. The molecule has 2 aromatic carbocycles. The van der Waals surface area contributed by atoms with Gasteiger partial charge in [-0.25, -0.2) is 4.79 Å². The number of carboxylic acid groups (broad SMARTS) is 1. The van der Waals surface area contributed by atoms with Crippen molar-refractivity contribution < 1.29 is 32.5 Å². The number of carbonyl (C=O) groups is 1. The van der Waals surface area contributed by atoms with E-state index in [4.69, 9.17) is 14.6 Å². The second-order valence-corrected chi connectivity index (χ2v) is 6.34. The lowest BCUT2D eigenvalue weighted by molar-refractivity contribution is -0.185. The van der Waals surface area contributed by atoms with Crippen LogP contribution >= 0.6 is 0 Å². The zero-order valence-electron chi connectivity index (χ0n) is 15.8. The van der Waals surface area contributed by atoms with Crippen molar-refractivity contribution >= 4 is 12.0 Å². The first-order valence-electron chi connectivity index (χ1n) is 9.28. The molecule has 29 heavy (non-hydrogen) atoms. The van der Waals surface area contributed by atoms with E-state index in [0.29, 0.717) is 24.3 Å². The van der Waals surface area contributed by atoms with Crippen molar-refractivity contribution in [3.05, 3.63) is 65.7 Å². The molecule has 0 atom stereocenters. The molecular formula is C22H23F3O4. The number of hydrogen-bond acceptors (Lipinski definition) is 3. The van der Waals surface area contributed by atoms with Gasteiger partial charge in [-0.2, -0.15) is 8.78 Å². The molecule has 0 radical (unpaired) electrons. The van der Waals surface area contributed by atoms with Crippen molar-refractivity contribution in [2.75, 3.05) is 13.3 Å². The molecule has 0 saturated heterocycles. The standard InChI is InChI=1S/C22H23F3O4/c23-15-3-1-2-4-16-28-19-12-8-18(9-13-19)22(24,25)29-20-10-5-17(6-11-20)7-14-21(26)27/h5-14H,1-4,15-16H2,(H,26,27)/b14-7+. The van der Waals surface area contributed by atoms with Crippen molar-refractivity contribution in [3.8, 4) is 11.5 Å².